The molecule has 1 atom stereocenters. The summed E-state index contributed by atoms with van der Waals surface area (Å²) >= 11 is 0. The highest BCUT2D eigenvalue weighted by atomic mass is 16.6. The molecular formula is C12H10N2O4. The molecule has 0 amide bonds. The number of nitro benzene ring substituents is 1. The van der Waals surface area contributed by atoms with Crippen LogP contribution in [0.15, 0.2) is 41.7 Å². The molecular weight excluding hydrogens is 236 g/mol. The van der Waals surface area contributed by atoms with Gasteiger partial charge in [-0.3, -0.25) is 19.9 Å². The fraction of sp³-hybridized carbons (Fsp3) is 0.167. The predicted octanol–water partition coefficient (Wildman–Crippen LogP) is 1.84. The number of carbonyl (C=O) groups is 1. The van der Waals surface area contributed by atoms with E-state index in [9.17, 15) is 14.9 Å². The maximum atomic E-state index is 11.1. The van der Waals surface area contributed by atoms with Crippen molar-refractivity contribution in [1.82, 2.24) is 0 Å². The highest BCUT2D eigenvalue weighted by Gasteiger charge is 2.34. The maximum absolute atomic E-state index is 11.1. The van der Waals surface area contributed by atoms with Crippen LogP contribution in [0.2, 0.25) is 0 Å². The van der Waals surface area contributed by atoms with E-state index < -0.39 is 10.5 Å². The Morgan fingerprint density at radius 3 is 2.61 bits per heavy atom. The van der Waals surface area contributed by atoms with Gasteiger partial charge in [0.05, 0.1) is 16.8 Å². The zero-order valence-electron chi connectivity index (χ0n) is 9.57. The third kappa shape index (κ3) is 2.00. The number of non-ortho nitro benzene ring substituents is 1. The van der Waals surface area contributed by atoms with Gasteiger partial charge in [0.2, 0.25) is 5.60 Å². The summed E-state index contributed by atoms with van der Waals surface area (Å²) in [4.78, 5) is 25.3. The van der Waals surface area contributed by atoms with E-state index in [2.05, 4.69) is 4.99 Å². The number of aldehydes is 1. The highest BCUT2D eigenvalue weighted by molar-refractivity contribution is 6.15. The van der Waals surface area contributed by atoms with Gasteiger partial charge in [0, 0.05) is 17.7 Å². The van der Waals surface area contributed by atoms with Crippen molar-refractivity contribution in [3.05, 3.63) is 52.4 Å². The molecule has 2 rings (SSSR count). The zero-order chi connectivity index (χ0) is 13.2. The normalized spacial score (nSPS) is 21.9. The molecule has 0 unspecified atom stereocenters. The molecule has 0 aromatic heterocycles. The molecule has 0 bridgehead atoms. The van der Waals surface area contributed by atoms with Crippen LogP contribution in [0.3, 0.4) is 0 Å². The second-order valence-electron chi connectivity index (χ2n) is 3.91. The molecule has 6 nitrogen and oxygen atoms in total. The van der Waals surface area contributed by atoms with E-state index in [0.717, 1.165) is 0 Å². The molecule has 0 N–H and O–H groups in total. The van der Waals surface area contributed by atoms with Gasteiger partial charge < -0.3 is 4.74 Å². The number of hydrogen-bond donors (Lipinski definition) is 0. The molecule has 0 saturated heterocycles. The quantitative estimate of drug-likeness (QED) is 0.463. The van der Waals surface area contributed by atoms with Crippen LogP contribution in [0.4, 0.5) is 5.69 Å². The second kappa shape index (κ2) is 4.40. The van der Waals surface area contributed by atoms with Crippen molar-refractivity contribution in [2.24, 2.45) is 4.99 Å². The average molecular weight is 246 g/mol. The number of rotatable bonds is 3. The molecule has 1 aromatic rings. The third-order valence-corrected chi connectivity index (χ3v) is 2.62. The van der Waals surface area contributed by atoms with Gasteiger partial charge in [0.25, 0.3) is 5.69 Å². The molecule has 1 aromatic carbocycles. The van der Waals surface area contributed by atoms with Crippen molar-refractivity contribution < 1.29 is 14.5 Å². The van der Waals surface area contributed by atoms with Crippen LogP contribution in [-0.4, -0.2) is 22.5 Å². The Balaban J connectivity index is 2.41. The summed E-state index contributed by atoms with van der Waals surface area (Å²) < 4.78 is 5.25. The largest absolute Gasteiger partial charge is 0.480 e. The first-order chi connectivity index (χ1) is 8.57. The van der Waals surface area contributed by atoms with E-state index in [4.69, 9.17) is 4.74 Å². The SMILES string of the molecule is C[C@]1(C=O)OC=CN=C1c1ccc([N+](=O)[O-])cc1. The summed E-state index contributed by atoms with van der Waals surface area (Å²) in [5.41, 5.74) is -0.140. The Labute approximate surface area is 103 Å². The molecule has 6 heteroatoms. The standard InChI is InChI=1S/C12H10N2O4/c1-12(8-15)11(13-6-7-18-12)9-2-4-10(5-3-9)14(16)17/h2-8H,1H3/t12-/m1/s1. The van der Waals surface area contributed by atoms with Crippen molar-refractivity contribution in [2.75, 3.05) is 0 Å². The molecule has 0 radical (unpaired) electrons. The number of nitrogens with zero attached hydrogens (tertiary/aromatic N) is 2. The Hall–Kier alpha value is -2.50. The maximum Gasteiger partial charge on any atom is 0.269 e. The van der Waals surface area contributed by atoms with E-state index in [-0.39, 0.29) is 5.69 Å². The van der Waals surface area contributed by atoms with Gasteiger partial charge in [-0.15, -0.1) is 0 Å². The molecule has 0 saturated carbocycles. The lowest BCUT2D eigenvalue weighted by Crippen LogP contribution is -2.40. The van der Waals surface area contributed by atoms with E-state index in [1.54, 1.807) is 19.1 Å². The molecule has 18 heavy (non-hydrogen) atoms. The van der Waals surface area contributed by atoms with Crippen molar-refractivity contribution in [3.63, 3.8) is 0 Å². The van der Waals surface area contributed by atoms with Crippen LogP contribution >= 0.6 is 0 Å². The van der Waals surface area contributed by atoms with Crippen molar-refractivity contribution in [2.45, 2.75) is 12.5 Å². The highest BCUT2D eigenvalue weighted by Crippen LogP contribution is 2.22. The van der Waals surface area contributed by atoms with Crippen LogP contribution < -0.4 is 0 Å². The number of ether oxygens (including phenoxy) is 1. The van der Waals surface area contributed by atoms with E-state index in [0.29, 0.717) is 17.6 Å². The van der Waals surface area contributed by atoms with Gasteiger partial charge in [-0.05, 0) is 19.1 Å². The van der Waals surface area contributed by atoms with Crippen LogP contribution in [-0.2, 0) is 9.53 Å². The Bertz CT molecular complexity index is 548. The fourth-order valence-corrected chi connectivity index (χ4v) is 1.65. The minimum absolute atomic E-state index is 0.0144. The number of carbonyl (C=O) groups excluding carboxylic acids is 1. The van der Waals surface area contributed by atoms with Gasteiger partial charge in [-0.25, -0.2) is 0 Å². The average Bonchev–Trinajstić information content (AvgIpc) is 2.39. The molecule has 1 aliphatic heterocycles. The number of benzene rings is 1. The summed E-state index contributed by atoms with van der Waals surface area (Å²) in [6, 6.07) is 5.81. The van der Waals surface area contributed by atoms with Crippen molar-refractivity contribution >= 4 is 17.7 Å². The van der Waals surface area contributed by atoms with Crippen LogP contribution in [0, 0.1) is 10.1 Å². The molecule has 1 aliphatic rings. The summed E-state index contributed by atoms with van der Waals surface area (Å²) in [5.74, 6) is 0. The van der Waals surface area contributed by atoms with Gasteiger partial charge in [0.15, 0.2) is 6.29 Å². The number of hydrogen-bond acceptors (Lipinski definition) is 5. The molecule has 92 valence electrons. The lowest BCUT2D eigenvalue weighted by Gasteiger charge is -2.26. The Morgan fingerprint density at radius 1 is 1.39 bits per heavy atom. The molecule has 0 aliphatic carbocycles. The van der Waals surface area contributed by atoms with Crippen molar-refractivity contribution in [3.8, 4) is 0 Å². The lowest BCUT2D eigenvalue weighted by atomic mass is 9.94. The Morgan fingerprint density at radius 2 is 2.06 bits per heavy atom. The third-order valence-electron chi connectivity index (χ3n) is 2.62. The predicted molar refractivity (Wildman–Crippen MR) is 64.3 cm³/mol. The minimum atomic E-state index is -1.16. The number of nitro groups is 1. The van der Waals surface area contributed by atoms with Gasteiger partial charge >= 0.3 is 0 Å². The van der Waals surface area contributed by atoms with E-state index in [1.807, 2.05) is 0 Å². The van der Waals surface area contributed by atoms with Crippen LogP contribution in [0.5, 0.6) is 0 Å². The summed E-state index contributed by atoms with van der Waals surface area (Å²) in [6.07, 6.45) is 3.42. The Kier molecular flexibility index (Phi) is 2.93. The summed E-state index contributed by atoms with van der Waals surface area (Å²) in [6.45, 7) is 1.59. The van der Waals surface area contributed by atoms with Crippen molar-refractivity contribution in [1.29, 1.82) is 0 Å². The number of aliphatic imine (C=N–C) groups is 1. The topological polar surface area (TPSA) is 81.8 Å². The minimum Gasteiger partial charge on any atom is -0.480 e. The summed E-state index contributed by atoms with van der Waals surface area (Å²) in [5, 5.41) is 10.6. The lowest BCUT2D eigenvalue weighted by molar-refractivity contribution is -0.384. The van der Waals surface area contributed by atoms with E-state index in [1.165, 1.54) is 24.6 Å². The smallest absolute Gasteiger partial charge is 0.269 e. The summed E-state index contributed by atoms with van der Waals surface area (Å²) in [7, 11) is 0. The molecule has 0 fully saturated rings. The van der Waals surface area contributed by atoms with Gasteiger partial charge in [-0.1, -0.05) is 0 Å². The van der Waals surface area contributed by atoms with Gasteiger partial charge in [-0.2, -0.15) is 0 Å². The van der Waals surface area contributed by atoms with Crippen LogP contribution in [0.1, 0.15) is 12.5 Å². The first-order valence-corrected chi connectivity index (χ1v) is 5.19. The van der Waals surface area contributed by atoms with E-state index >= 15 is 0 Å². The first-order valence-electron chi connectivity index (χ1n) is 5.19. The fourth-order valence-electron chi connectivity index (χ4n) is 1.65. The monoisotopic (exact) mass is 246 g/mol. The second-order valence-corrected chi connectivity index (χ2v) is 3.91. The zero-order valence-corrected chi connectivity index (χ0v) is 9.57. The van der Waals surface area contributed by atoms with Crippen LogP contribution in [0.25, 0.3) is 0 Å². The molecule has 0 spiro atoms. The van der Waals surface area contributed by atoms with Gasteiger partial charge in [0.1, 0.15) is 6.26 Å². The molecule has 1 heterocycles. The first kappa shape index (κ1) is 12.0.